The second-order valence-corrected chi connectivity index (χ2v) is 4.01. The van der Waals surface area contributed by atoms with Crippen molar-refractivity contribution in [3.63, 3.8) is 0 Å². The van der Waals surface area contributed by atoms with Crippen LogP contribution in [-0.4, -0.2) is 11.5 Å². The predicted octanol–water partition coefficient (Wildman–Crippen LogP) is 2.77. The zero-order chi connectivity index (χ0) is 10.7. The van der Waals surface area contributed by atoms with Crippen LogP contribution in [0.3, 0.4) is 0 Å². The van der Waals surface area contributed by atoms with Gasteiger partial charge in [-0.15, -0.1) is 17.9 Å². The Morgan fingerprint density at radius 1 is 1.60 bits per heavy atom. The number of rotatable bonds is 3. The fourth-order valence-corrected chi connectivity index (χ4v) is 2.07. The van der Waals surface area contributed by atoms with Gasteiger partial charge in [0.1, 0.15) is 6.07 Å². The van der Waals surface area contributed by atoms with Crippen molar-refractivity contribution in [3.05, 3.63) is 35.9 Å². The lowest BCUT2D eigenvalue weighted by molar-refractivity contribution is 1.34. The summed E-state index contributed by atoms with van der Waals surface area (Å²) in [7, 11) is 0. The summed E-state index contributed by atoms with van der Waals surface area (Å²) < 4.78 is 1.03. The van der Waals surface area contributed by atoms with Crippen molar-refractivity contribution in [2.45, 2.75) is 0 Å². The number of hydrogen-bond donors (Lipinski definition) is 1. The number of aromatic nitrogens is 1. The number of nitrogens with zero attached hydrogens (tertiary/aromatic N) is 2. The molecule has 1 aromatic carbocycles. The van der Waals surface area contributed by atoms with Crippen molar-refractivity contribution >= 4 is 27.2 Å². The van der Waals surface area contributed by atoms with Crippen molar-refractivity contribution in [2.24, 2.45) is 0 Å². The Morgan fingerprint density at radius 2 is 2.47 bits per heavy atom. The number of hydrogen-bond acceptors (Lipinski definition) is 4. The molecule has 0 fully saturated rings. The first kappa shape index (κ1) is 9.69. The summed E-state index contributed by atoms with van der Waals surface area (Å²) in [5.41, 5.74) is 1.90. The monoisotopic (exact) mass is 215 g/mol. The molecule has 0 atom stereocenters. The number of anilines is 1. The SMILES string of the molecule is C=CCNc1ccc2nc(C#N)sc2c1. The number of nitrogens with one attached hydrogen (secondary N) is 1. The van der Waals surface area contributed by atoms with Crippen LogP contribution in [-0.2, 0) is 0 Å². The number of fused-ring (bicyclic) bond motifs is 1. The molecule has 0 amide bonds. The van der Waals surface area contributed by atoms with Gasteiger partial charge in [-0.2, -0.15) is 5.26 Å². The van der Waals surface area contributed by atoms with Crippen LogP contribution in [0.1, 0.15) is 5.01 Å². The van der Waals surface area contributed by atoms with Gasteiger partial charge in [0, 0.05) is 12.2 Å². The zero-order valence-corrected chi connectivity index (χ0v) is 8.84. The summed E-state index contributed by atoms with van der Waals surface area (Å²) >= 11 is 1.41. The van der Waals surface area contributed by atoms with E-state index >= 15 is 0 Å². The van der Waals surface area contributed by atoms with Crippen LogP contribution in [0.2, 0.25) is 0 Å². The van der Waals surface area contributed by atoms with Gasteiger partial charge in [-0.1, -0.05) is 6.08 Å². The molecule has 2 aromatic rings. The van der Waals surface area contributed by atoms with Crippen molar-refractivity contribution < 1.29 is 0 Å². The van der Waals surface area contributed by atoms with Crippen LogP contribution in [0.15, 0.2) is 30.9 Å². The fraction of sp³-hybridized carbons (Fsp3) is 0.0909. The molecule has 0 spiro atoms. The molecule has 74 valence electrons. The van der Waals surface area contributed by atoms with E-state index in [1.807, 2.05) is 24.3 Å². The largest absolute Gasteiger partial charge is 0.382 e. The average molecular weight is 215 g/mol. The molecule has 0 aliphatic rings. The lowest BCUT2D eigenvalue weighted by Gasteiger charge is -2.01. The minimum atomic E-state index is 0.505. The first-order valence-corrected chi connectivity index (χ1v) is 5.30. The molecule has 0 saturated heterocycles. The highest BCUT2D eigenvalue weighted by atomic mass is 32.1. The Labute approximate surface area is 91.7 Å². The Morgan fingerprint density at radius 3 is 3.20 bits per heavy atom. The highest BCUT2D eigenvalue weighted by Gasteiger charge is 2.02. The number of benzene rings is 1. The van der Waals surface area contributed by atoms with E-state index in [0.717, 1.165) is 22.4 Å². The second kappa shape index (κ2) is 4.11. The molecule has 0 bridgehead atoms. The van der Waals surface area contributed by atoms with Gasteiger partial charge < -0.3 is 5.32 Å². The van der Waals surface area contributed by atoms with Crippen LogP contribution in [0.25, 0.3) is 10.2 Å². The van der Waals surface area contributed by atoms with Crippen LogP contribution in [0, 0.1) is 11.3 Å². The molecule has 2 rings (SSSR count). The summed E-state index contributed by atoms with van der Waals surface area (Å²) in [6, 6.07) is 7.91. The molecule has 4 heteroatoms. The Kier molecular flexibility index (Phi) is 2.66. The average Bonchev–Trinajstić information content (AvgIpc) is 2.68. The molecule has 0 radical (unpaired) electrons. The van der Waals surface area contributed by atoms with E-state index < -0.39 is 0 Å². The van der Waals surface area contributed by atoms with E-state index in [9.17, 15) is 0 Å². The maximum Gasteiger partial charge on any atom is 0.195 e. The molecule has 1 aromatic heterocycles. The maximum absolute atomic E-state index is 8.72. The normalized spacial score (nSPS) is 9.80. The summed E-state index contributed by atoms with van der Waals surface area (Å²) in [6.45, 7) is 4.37. The Bertz CT molecular complexity index is 536. The van der Waals surface area contributed by atoms with Crippen molar-refractivity contribution in [1.82, 2.24) is 4.98 Å². The maximum atomic E-state index is 8.72. The van der Waals surface area contributed by atoms with Crippen molar-refractivity contribution in [3.8, 4) is 6.07 Å². The smallest absolute Gasteiger partial charge is 0.195 e. The van der Waals surface area contributed by atoms with E-state index in [2.05, 4.69) is 16.9 Å². The molecule has 15 heavy (non-hydrogen) atoms. The van der Waals surface area contributed by atoms with Gasteiger partial charge in [0.25, 0.3) is 0 Å². The van der Waals surface area contributed by atoms with Crippen LogP contribution in [0.4, 0.5) is 5.69 Å². The molecule has 0 unspecified atom stereocenters. The van der Waals surface area contributed by atoms with Gasteiger partial charge >= 0.3 is 0 Å². The number of nitriles is 1. The lowest BCUT2D eigenvalue weighted by atomic mass is 10.3. The molecule has 1 N–H and O–H groups in total. The topological polar surface area (TPSA) is 48.7 Å². The van der Waals surface area contributed by atoms with E-state index in [4.69, 9.17) is 5.26 Å². The van der Waals surface area contributed by atoms with Gasteiger partial charge in [-0.25, -0.2) is 4.98 Å². The second-order valence-electron chi connectivity index (χ2n) is 2.98. The fourth-order valence-electron chi connectivity index (χ4n) is 1.27. The lowest BCUT2D eigenvalue weighted by Crippen LogP contribution is -1.96. The van der Waals surface area contributed by atoms with E-state index in [1.165, 1.54) is 11.3 Å². The third kappa shape index (κ3) is 1.97. The predicted molar refractivity (Wildman–Crippen MR) is 63.0 cm³/mol. The van der Waals surface area contributed by atoms with Crippen LogP contribution in [0.5, 0.6) is 0 Å². The molecule has 3 nitrogen and oxygen atoms in total. The molecule has 0 saturated carbocycles. The Hall–Kier alpha value is -1.86. The van der Waals surface area contributed by atoms with Gasteiger partial charge in [0.05, 0.1) is 10.2 Å². The number of thiazole rings is 1. The highest BCUT2D eigenvalue weighted by Crippen LogP contribution is 2.24. The molecular weight excluding hydrogens is 206 g/mol. The summed E-state index contributed by atoms with van der Waals surface area (Å²) in [4.78, 5) is 4.16. The summed E-state index contributed by atoms with van der Waals surface area (Å²) in [5, 5.41) is 12.4. The van der Waals surface area contributed by atoms with Gasteiger partial charge in [-0.3, -0.25) is 0 Å². The van der Waals surface area contributed by atoms with Crippen LogP contribution < -0.4 is 5.32 Å². The van der Waals surface area contributed by atoms with E-state index in [-0.39, 0.29) is 0 Å². The highest BCUT2D eigenvalue weighted by molar-refractivity contribution is 7.19. The Balaban J connectivity index is 2.38. The summed E-state index contributed by atoms with van der Waals surface area (Å²) in [5.74, 6) is 0. The first-order chi connectivity index (χ1) is 7.33. The van der Waals surface area contributed by atoms with Crippen molar-refractivity contribution in [2.75, 3.05) is 11.9 Å². The van der Waals surface area contributed by atoms with Gasteiger partial charge in [0.2, 0.25) is 0 Å². The van der Waals surface area contributed by atoms with E-state index in [1.54, 1.807) is 6.08 Å². The van der Waals surface area contributed by atoms with Gasteiger partial charge in [0.15, 0.2) is 5.01 Å². The molecule has 0 aliphatic heterocycles. The minimum absolute atomic E-state index is 0.505. The minimum Gasteiger partial charge on any atom is -0.382 e. The molecule has 0 aliphatic carbocycles. The van der Waals surface area contributed by atoms with E-state index in [0.29, 0.717) is 5.01 Å². The van der Waals surface area contributed by atoms with Crippen molar-refractivity contribution in [1.29, 1.82) is 5.26 Å². The molecule has 1 heterocycles. The zero-order valence-electron chi connectivity index (χ0n) is 8.03. The van der Waals surface area contributed by atoms with Gasteiger partial charge in [-0.05, 0) is 18.2 Å². The molecular formula is C11H9N3S. The standard InChI is InChI=1S/C11H9N3S/c1-2-5-13-8-3-4-9-10(6-8)15-11(7-12)14-9/h2-4,6,13H,1,5H2. The third-order valence-corrected chi connectivity index (χ3v) is 2.86. The van der Waals surface area contributed by atoms with Crippen LogP contribution >= 0.6 is 11.3 Å². The summed E-state index contributed by atoms with van der Waals surface area (Å²) in [6.07, 6.45) is 1.80. The first-order valence-electron chi connectivity index (χ1n) is 4.49. The third-order valence-electron chi connectivity index (χ3n) is 1.93. The quantitative estimate of drug-likeness (QED) is 0.801.